The molecule has 0 aliphatic carbocycles. The van der Waals surface area contributed by atoms with E-state index in [0.717, 1.165) is 11.1 Å². The van der Waals surface area contributed by atoms with Gasteiger partial charge in [-0.25, -0.2) is 0 Å². The number of ether oxygens (including phenoxy) is 3. The van der Waals surface area contributed by atoms with Crippen LogP contribution in [0.15, 0.2) is 72.8 Å². The highest BCUT2D eigenvalue weighted by atomic mass is 16.6. The SMILES string of the molecule is CC(=O)C[C@H]1C=C[C@@H](OCc2ccccc2)[C@@H](COCc2ccccc2)O1. The summed E-state index contributed by atoms with van der Waals surface area (Å²) in [7, 11) is 0. The molecule has 0 spiro atoms. The zero-order valence-electron chi connectivity index (χ0n) is 15.6. The molecule has 3 atom stereocenters. The molecule has 1 aliphatic rings. The topological polar surface area (TPSA) is 44.8 Å². The molecule has 0 aromatic heterocycles. The highest BCUT2D eigenvalue weighted by Gasteiger charge is 2.28. The van der Waals surface area contributed by atoms with Crippen LogP contribution in [0.1, 0.15) is 24.5 Å². The zero-order chi connectivity index (χ0) is 18.9. The van der Waals surface area contributed by atoms with E-state index in [9.17, 15) is 4.79 Å². The third-order valence-electron chi connectivity index (χ3n) is 4.40. The molecule has 4 heteroatoms. The summed E-state index contributed by atoms with van der Waals surface area (Å²) in [5, 5.41) is 0. The third kappa shape index (κ3) is 6.43. The number of hydrogen-bond donors (Lipinski definition) is 0. The number of rotatable bonds is 9. The van der Waals surface area contributed by atoms with E-state index in [4.69, 9.17) is 14.2 Å². The maximum atomic E-state index is 11.4. The molecular weight excluding hydrogens is 340 g/mol. The van der Waals surface area contributed by atoms with Crippen molar-refractivity contribution < 1.29 is 19.0 Å². The highest BCUT2D eigenvalue weighted by molar-refractivity contribution is 5.76. The Morgan fingerprint density at radius 1 is 0.926 bits per heavy atom. The molecule has 3 rings (SSSR count). The van der Waals surface area contributed by atoms with Gasteiger partial charge in [-0.15, -0.1) is 0 Å². The number of carbonyl (C=O) groups excluding carboxylic acids is 1. The Balaban J connectivity index is 1.58. The van der Waals surface area contributed by atoms with Gasteiger partial charge in [-0.1, -0.05) is 72.8 Å². The minimum absolute atomic E-state index is 0.109. The van der Waals surface area contributed by atoms with E-state index < -0.39 is 0 Å². The first-order valence-corrected chi connectivity index (χ1v) is 9.31. The summed E-state index contributed by atoms with van der Waals surface area (Å²) in [6, 6.07) is 20.1. The second-order valence-corrected chi connectivity index (χ2v) is 6.77. The fourth-order valence-electron chi connectivity index (χ4n) is 3.04. The van der Waals surface area contributed by atoms with Crippen LogP contribution < -0.4 is 0 Å². The van der Waals surface area contributed by atoms with E-state index >= 15 is 0 Å². The van der Waals surface area contributed by atoms with Crippen LogP contribution in [-0.2, 0) is 32.2 Å². The second kappa shape index (κ2) is 10.2. The Labute approximate surface area is 160 Å². The lowest BCUT2D eigenvalue weighted by Gasteiger charge is -2.32. The summed E-state index contributed by atoms with van der Waals surface area (Å²) in [4.78, 5) is 11.4. The molecule has 0 N–H and O–H groups in total. The Bertz CT molecular complexity index is 727. The summed E-state index contributed by atoms with van der Waals surface area (Å²) in [6.07, 6.45) is 3.62. The van der Waals surface area contributed by atoms with E-state index in [0.29, 0.717) is 26.2 Å². The molecule has 27 heavy (non-hydrogen) atoms. The third-order valence-corrected chi connectivity index (χ3v) is 4.40. The van der Waals surface area contributed by atoms with Gasteiger partial charge in [0, 0.05) is 6.42 Å². The molecular formula is C23H26O4. The fraction of sp³-hybridized carbons (Fsp3) is 0.348. The van der Waals surface area contributed by atoms with Crippen LogP contribution in [0.5, 0.6) is 0 Å². The van der Waals surface area contributed by atoms with Crippen LogP contribution in [0.2, 0.25) is 0 Å². The number of Topliss-reactive ketones (excluding diaryl/α,β-unsaturated/α-hetero) is 1. The number of carbonyl (C=O) groups is 1. The lowest BCUT2D eigenvalue weighted by molar-refractivity contribution is -0.132. The van der Waals surface area contributed by atoms with Crippen LogP contribution in [0, 0.1) is 0 Å². The predicted molar refractivity (Wildman–Crippen MR) is 104 cm³/mol. The smallest absolute Gasteiger partial charge is 0.132 e. The molecule has 0 amide bonds. The first kappa shape index (κ1) is 19.5. The number of ketones is 1. The van der Waals surface area contributed by atoms with E-state index in [2.05, 4.69) is 0 Å². The van der Waals surface area contributed by atoms with Crippen molar-refractivity contribution in [2.24, 2.45) is 0 Å². The molecule has 2 aromatic rings. The molecule has 0 saturated carbocycles. The van der Waals surface area contributed by atoms with Crippen molar-refractivity contribution in [2.75, 3.05) is 6.61 Å². The normalized spacial score (nSPS) is 21.9. The fourth-order valence-corrected chi connectivity index (χ4v) is 3.04. The molecule has 1 aliphatic heterocycles. The minimum Gasteiger partial charge on any atom is -0.374 e. The first-order valence-electron chi connectivity index (χ1n) is 9.31. The van der Waals surface area contributed by atoms with Gasteiger partial charge < -0.3 is 14.2 Å². The molecule has 0 unspecified atom stereocenters. The second-order valence-electron chi connectivity index (χ2n) is 6.77. The van der Waals surface area contributed by atoms with Gasteiger partial charge in [0.05, 0.1) is 25.9 Å². The molecule has 1 heterocycles. The average molecular weight is 366 g/mol. The number of hydrogen-bond acceptors (Lipinski definition) is 4. The summed E-state index contributed by atoms with van der Waals surface area (Å²) >= 11 is 0. The van der Waals surface area contributed by atoms with E-state index in [1.807, 2.05) is 72.8 Å². The molecule has 4 nitrogen and oxygen atoms in total. The van der Waals surface area contributed by atoms with Crippen molar-refractivity contribution in [1.29, 1.82) is 0 Å². The van der Waals surface area contributed by atoms with Gasteiger partial charge in [-0.3, -0.25) is 4.79 Å². The molecule has 0 radical (unpaired) electrons. The summed E-state index contributed by atoms with van der Waals surface area (Å²) < 4.78 is 18.0. The largest absolute Gasteiger partial charge is 0.374 e. The van der Waals surface area contributed by atoms with Crippen molar-refractivity contribution in [3.05, 3.63) is 83.9 Å². The van der Waals surface area contributed by atoms with Crippen LogP contribution in [0.3, 0.4) is 0 Å². The lowest BCUT2D eigenvalue weighted by Crippen LogP contribution is -2.40. The van der Waals surface area contributed by atoms with Gasteiger partial charge in [0.25, 0.3) is 0 Å². The monoisotopic (exact) mass is 366 g/mol. The molecule has 0 saturated heterocycles. The Kier molecular flexibility index (Phi) is 7.34. The Morgan fingerprint density at radius 3 is 2.19 bits per heavy atom. The zero-order valence-corrected chi connectivity index (χ0v) is 15.6. The van der Waals surface area contributed by atoms with Gasteiger partial charge >= 0.3 is 0 Å². The van der Waals surface area contributed by atoms with Crippen molar-refractivity contribution in [3.63, 3.8) is 0 Å². The molecule has 2 aromatic carbocycles. The Hall–Kier alpha value is -2.27. The summed E-state index contributed by atoms with van der Waals surface area (Å²) in [5.74, 6) is 0.109. The van der Waals surface area contributed by atoms with Crippen molar-refractivity contribution >= 4 is 5.78 Å². The summed E-state index contributed by atoms with van der Waals surface area (Å²) in [6.45, 7) is 3.02. The average Bonchev–Trinajstić information content (AvgIpc) is 2.68. The quantitative estimate of drug-likeness (QED) is 0.627. The van der Waals surface area contributed by atoms with Gasteiger partial charge in [0.2, 0.25) is 0 Å². The maximum Gasteiger partial charge on any atom is 0.132 e. The standard InChI is InChI=1S/C23H26O4/c1-18(24)14-21-12-13-22(26-16-20-10-6-3-7-11-20)23(27-21)17-25-15-19-8-4-2-5-9-19/h2-13,21-23H,14-17H2,1H3/t21-,22-,23-/m1/s1. The van der Waals surface area contributed by atoms with Gasteiger partial charge in [-0.2, -0.15) is 0 Å². The Morgan fingerprint density at radius 2 is 1.56 bits per heavy atom. The van der Waals surface area contributed by atoms with Crippen LogP contribution in [0.25, 0.3) is 0 Å². The van der Waals surface area contributed by atoms with Crippen molar-refractivity contribution in [1.82, 2.24) is 0 Å². The minimum atomic E-state index is -0.244. The van der Waals surface area contributed by atoms with Crippen LogP contribution in [0.4, 0.5) is 0 Å². The van der Waals surface area contributed by atoms with Gasteiger partial charge in [0.1, 0.15) is 18.0 Å². The first-order chi connectivity index (χ1) is 13.2. The number of benzene rings is 2. The van der Waals surface area contributed by atoms with Crippen LogP contribution in [-0.4, -0.2) is 30.7 Å². The predicted octanol–water partition coefficient (Wildman–Crippen LogP) is 4.09. The van der Waals surface area contributed by atoms with Gasteiger partial charge in [-0.05, 0) is 18.1 Å². The highest BCUT2D eigenvalue weighted by Crippen LogP contribution is 2.20. The molecule has 142 valence electrons. The van der Waals surface area contributed by atoms with Crippen LogP contribution >= 0.6 is 0 Å². The lowest BCUT2D eigenvalue weighted by atomic mass is 10.1. The van der Waals surface area contributed by atoms with Crippen molar-refractivity contribution in [3.8, 4) is 0 Å². The molecule has 0 fully saturated rings. The maximum absolute atomic E-state index is 11.4. The summed E-state index contributed by atoms with van der Waals surface area (Å²) in [5.41, 5.74) is 2.23. The van der Waals surface area contributed by atoms with E-state index in [-0.39, 0.29) is 24.1 Å². The van der Waals surface area contributed by atoms with Gasteiger partial charge in [0.15, 0.2) is 0 Å². The van der Waals surface area contributed by atoms with Crippen molar-refractivity contribution in [2.45, 2.75) is 44.9 Å². The van der Waals surface area contributed by atoms with E-state index in [1.54, 1.807) is 6.92 Å². The molecule has 0 bridgehead atoms. The van der Waals surface area contributed by atoms with E-state index in [1.165, 1.54) is 0 Å².